The van der Waals surface area contributed by atoms with Gasteiger partial charge in [0.05, 0.1) is 6.10 Å². The number of amides is 1. The van der Waals surface area contributed by atoms with E-state index in [0.29, 0.717) is 6.04 Å². The number of carbonyl (C=O) groups excluding carboxylic acids is 1. The molecule has 0 aromatic rings. The quantitative estimate of drug-likeness (QED) is 0.847. The minimum absolute atomic E-state index is 0.190. The second kappa shape index (κ2) is 7.25. The lowest BCUT2D eigenvalue weighted by atomic mass is 9.93. The van der Waals surface area contributed by atoms with Crippen molar-refractivity contribution < 1.29 is 9.53 Å². The van der Waals surface area contributed by atoms with Crippen LogP contribution in [0.4, 0.5) is 0 Å². The molecule has 4 heteroatoms. The van der Waals surface area contributed by atoms with Crippen molar-refractivity contribution in [2.24, 2.45) is 0 Å². The molecule has 0 bridgehead atoms. The molecule has 0 radical (unpaired) electrons. The number of nitrogens with zero attached hydrogens (tertiary/aromatic N) is 1. The third kappa shape index (κ3) is 4.18. The molecule has 1 amide bonds. The number of hydrogen-bond donors (Lipinski definition) is 1. The van der Waals surface area contributed by atoms with E-state index in [9.17, 15) is 4.79 Å². The normalized spacial score (nSPS) is 30.1. The van der Waals surface area contributed by atoms with Gasteiger partial charge in [-0.15, -0.1) is 0 Å². The van der Waals surface area contributed by atoms with Crippen molar-refractivity contribution in [3.05, 3.63) is 0 Å². The fraction of sp³-hybridized carbons (Fsp3) is 0.933. The zero-order valence-corrected chi connectivity index (χ0v) is 12.4. The Kier molecular flexibility index (Phi) is 5.64. The minimum atomic E-state index is -0.269. The molecule has 1 unspecified atom stereocenters. The summed E-state index contributed by atoms with van der Waals surface area (Å²) in [7, 11) is 2.02. The predicted molar refractivity (Wildman–Crippen MR) is 76.1 cm³/mol. The summed E-state index contributed by atoms with van der Waals surface area (Å²) in [5.41, 5.74) is 0. The Labute approximate surface area is 116 Å². The molecular weight excluding hydrogens is 240 g/mol. The van der Waals surface area contributed by atoms with Gasteiger partial charge in [-0.1, -0.05) is 0 Å². The van der Waals surface area contributed by atoms with Crippen LogP contribution in [0.5, 0.6) is 0 Å². The molecule has 2 rings (SSSR count). The average Bonchev–Trinajstić information content (AvgIpc) is 2.48. The van der Waals surface area contributed by atoms with E-state index < -0.39 is 0 Å². The Morgan fingerprint density at radius 1 is 1.16 bits per heavy atom. The van der Waals surface area contributed by atoms with Crippen LogP contribution in [0.3, 0.4) is 0 Å². The highest BCUT2D eigenvalue weighted by atomic mass is 16.5. The van der Waals surface area contributed by atoms with Gasteiger partial charge in [-0.2, -0.15) is 0 Å². The van der Waals surface area contributed by atoms with Crippen molar-refractivity contribution in [2.45, 2.75) is 70.1 Å². The van der Waals surface area contributed by atoms with Gasteiger partial charge >= 0.3 is 0 Å². The van der Waals surface area contributed by atoms with Gasteiger partial charge in [-0.3, -0.25) is 4.79 Å². The lowest BCUT2D eigenvalue weighted by Gasteiger charge is -2.33. The second-order valence-corrected chi connectivity index (χ2v) is 5.93. The van der Waals surface area contributed by atoms with Crippen molar-refractivity contribution >= 4 is 5.91 Å². The highest BCUT2D eigenvalue weighted by Crippen LogP contribution is 2.23. The molecule has 1 aliphatic heterocycles. The van der Waals surface area contributed by atoms with E-state index in [4.69, 9.17) is 4.74 Å². The van der Waals surface area contributed by atoms with Gasteiger partial charge in [0.1, 0.15) is 6.10 Å². The lowest BCUT2D eigenvalue weighted by Crippen LogP contribution is -2.44. The van der Waals surface area contributed by atoms with Gasteiger partial charge in [0.2, 0.25) is 0 Å². The van der Waals surface area contributed by atoms with Gasteiger partial charge in [0, 0.05) is 19.1 Å². The van der Waals surface area contributed by atoms with Crippen molar-refractivity contribution in [1.82, 2.24) is 10.2 Å². The van der Waals surface area contributed by atoms with Crippen LogP contribution in [0.25, 0.3) is 0 Å². The summed E-state index contributed by atoms with van der Waals surface area (Å²) in [4.78, 5) is 14.3. The van der Waals surface area contributed by atoms with Crippen molar-refractivity contribution in [1.29, 1.82) is 0 Å². The first kappa shape index (κ1) is 14.8. The molecule has 1 heterocycles. The summed E-state index contributed by atoms with van der Waals surface area (Å²) >= 11 is 0. The monoisotopic (exact) mass is 268 g/mol. The number of ether oxygens (including phenoxy) is 1. The summed E-state index contributed by atoms with van der Waals surface area (Å²) in [6.07, 6.45) is 8.01. The van der Waals surface area contributed by atoms with Crippen LogP contribution in [0.1, 0.15) is 51.9 Å². The van der Waals surface area contributed by atoms with Crippen LogP contribution in [0.2, 0.25) is 0 Å². The number of nitrogens with one attached hydrogen (secondary N) is 1. The smallest absolute Gasteiger partial charge is 0.251 e. The summed E-state index contributed by atoms with van der Waals surface area (Å²) in [6, 6.07) is 0.632. The Hall–Kier alpha value is -0.610. The van der Waals surface area contributed by atoms with Crippen LogP contribution >= 0.6 is 0 Å². The van der Waals surface area contributed by atoms with E-state index in [2.05, 4.69) is 5.32 Å². The fourth-order valence-electron chi connectivity index (χ4n) is 3.21. The first-order chi connectivity index (χ1) is 9.20. The maximum Gasteiger partial charge on any atom is 0.251 e. The summed E-state index contributed by atoms with van der Waals surface area (Å²) in [6.45, 7) is 3.75. The Morgan fingerprint density at radius 3 is 2.37 bits per heavy atom. The molecule has 110 valence electrons. The van der Waals surface area contributed by atoms with E-state index in [-0.39, 0.29) is 18.1 Å². The molecule has 4 nitrogen and oxygen atoms in total. The average molecular weight is 268 g/mol. The van der Waals surface area contributed by atoms with Crippen molar-refractivity contribution in [2.75, 3.05) is 20.1 Å². The molecule has 2 aliphatic rings. The van der Waals surface area contributed by atoms with E-state index >= 15 is 0 Å². The number of hydrogen-bond acceptors (Lipinski definition) is 3. The molecule has 1 aliphatic carbocycles. The summed E-state index contributed by atoms with van der Waals surface area (Å²) in [5, 5.41) is 3.32. The van der Waals surface area contributed by atoms with Crippen LogP contribution < -0.4 is 5.32 Å². The largest absolute Gasteiger partial charge is 0.365 e. The number of likely N-dealkylation sites (tertiary alicyclic amines) is 1. The molecular formula is C15H28N2O2. The van der Waals surface area contributed by atoms with Crippen LogP contribution in [0.15, 0.2) is 0 Å². The summed E-state index contributed by atoms with van der Waals surface area (Å²) in [5.74, 6) is 0.190. The zero-order chi connectivity index (χ0) is 13.7. The lowest BCUT2D eigenvalue weighted by molar-refractivity contribution is -0.148. The molecule has 2 fully saturated rings. The molecule has 0 aromatic carbocycles. The summed E-state index contributed by atoms with van der Waals surface area (Å²) < 4.78 is 5.98. The second-order valence-electron chi connectivity index (χ2n) is 5.93. The molecule has 0 spiro atoms. The third-order valence-electron chi connectivity index (χ3n) is 4.49. The van der Waals surface area contributed by atoms with Crippen LogP contribution in [0, 0.1) is 0 Å². The number of carbonyl (C=O) groups is 1. The molecule has 1 saturated carbocycles. The fourth-order valence-corrected chi connectivity index (χ4v) is 3.21. The number of piperidine rings is 1. The molecule has 1 atom stereocenters. The Bertz CT molecular complexity index is 282. The zero-order valence-electron chi connectivity index (χ0n) is 12.4. The highest BCUT2D eigenvalue weighted by molar-refractivity contribution is 5.80. The standard InChI is InChI=1S/C15H28N2O2/c1-12(15(18)17-10-4-3-5-11-17)19-14-8-6-13(16-2)7-9-14/h12-14,16H,3-11H2,1-2H3. The van der Waals surface area contributed by atoms with E-state index in [1.54, 1.807) is 0 Å². The SMILES string of the molecule is CNC1CCC(OC(C)C(=O)N2CCCCC2)CC1. The van der Waals surface area contributed by atoms with Gasteiger partial charge in [-0.25, -0.2) is 0 Å². The Morgan fingerprint density at radius 2 is 1.79 bits per heavy atom. The maximum atomic E-state index is 12.3. The van der Waals surface area contributed by atoms with Gasteiger partial charge in [0.15, 0.2) is 0 Å². The minimum Gasteiger partial charge on any atom is -0.365 e. The maximum absolute atomic E-state index is 12.3. The van der Waals surface area contributed by atoms with Crippen LogP contribution in [-0.4, -0.2) is 49.2 Å². The molecule has 0 aromatic heterocycles. The third-order valence-corrected chi connectivity index (χ3v) is 4.49. The van der Waals surface area contributed by atoms with Gasteiger partial charge in [-0.05, 0) is 58.9 Å². The van der Waals surface area contributed by atoms with E-state index in [0.717, 1.165) is 51.6 Å². The molecule has 1 saturated heterocycles. The van der Waals surface area contributed by atoms with Gasteiger partial charge < -0.3 is 15.0 Å². The van der Waals surface area contributed by atoms with E-state index in [1.165, 1.54) is 6.42 Å². The topological polar surface area (TPSA) is 41.6 Å². The van der Waals surface area contributed by atoms with Crippen molar-refractivity contribution in [3.8, 4) is 0 Å². The van der Waals surface area contributed by atoms with Crippen LogP contribution in [-0.2, 0) is 9.53 Å². The first-order valence-electron chi connectivity index (χ1n) is 7.82. The molecule has 19 heavy (non-hydrogen) atoms. The number of rotatable bonds is 4. The van der Waals surface area contributed by atoms with Gasteiger partial charge in [0.25, 0.3) is 5.91 Å². The highest BCUT2D eigenvalue weighted by Gasteiger charge is 2.27. The molecule has 1 N–H and O–H groups in total. The Balaban J connectivity index is 1.74. The first-order valence-corrected chi connectivity index (χ1v) is 7.82. The van der Waals surface area contributed by atoms with E-state index in [1.807, 2.05) is 18.9 Å². The van der Waals surface area contributed by atoms with Crippen molar-refractivity contribution in [3.63, 3.8) is 0 Å². The predicted octanol–water partition coefficient (Wildman–Crippen LogP) is 1.93.